The summed E-state index contributed by atoms with van der Waals surface area (Å²) in [5, 5.41) is 5.43. The summed E-state index contributed by atoms with van der Waals surface area (Å²) >= 11 is 3.41. The Labute approximate surface area is 137 Å². The van der Waals surface area contributed by atoms with Crippen molar-refractivity contribution in [3.8, 4) is 11.5 Å². The zero-order valence-electron chi connectivity index (χ0n) is 12.6. The first kappa shape index (κ1) is 16.6. The average molecular weight is 371 g/mol. The molecule has 120 valence electrons. The third kappa shape index (κ3) is 4.62. The number of nitrogens with one attached hydrogen (secondary N) is 2. The Kier molecular flexibility index (Phi) is 5.65. The van der Waals surface area contributed by atoms with Crippen LogP contribution >= 0.6 is 15.9 Å². The van der Waals surface area contributed by atoms with Crippen LogP contribution in [0.3, 0.4) is 0 Å². The first-order valence-electron chi connectivity index (χ1n) is 7.00. The molecule has 1 fully saturated rings. The Bertz CT molecular complexity index is 573. The molecule has 0 unspecified atom stereocenters. The van der Waals surface area contributed by atoms with Crippen LogP contribution in [0.1, 0.15) is 18.4 Å². The number of methoxy groups -OCH3 is 2. The number of hydrogen-bond donors (Lipinski definition) is 2. The molecule has 1 saturated carbocycles. The highest BCUT2D eigenvalue weighted by Gasteiger charge is 2.23. The van der Waals surface area contributed by atoms with Gasteiger partial charge in [-0.2, -0.15) is 0 Å². The van der Waals surface area contributed by atoms with Crippen LogP contribution in [-0.2, 0) is 16.0 Å². The lowest BCUT2D eigenvalue weighted by atomic mass is 10.1. The number of hydrogen-bond acceptors (Lipinski definition) is 4. The number of amides is 2. The number of carbonyl (C=O) groups excluding carboxylic acids is 2. The van der Waals surface area contributed by atoms with Gasteiger partial charge in [0.1, 0.15) is 0 Å². The molecule has 1 aliphatic rings. The molecule has 0 aromatic heterocycles. The Hall–Kier alpha value is -1.76. The number of ether oxygens (including phenoxy) is 2. The molecule has 0 radical (unpaired) electrons. The molecule has 2 amide bonds. The molecule has 2 N–H and O–H groups in total. The molecule has 0 saturated heterocycles. The highest BCUT2D eigenvalue weighted by atomic mass is 79.9. The zero-order valence-corrected chi connectivity index (χ0v) is 14.2. The van der Waals surface area contributed by atoms with Crippen molar-refractivity contribution in [1.29, 1.82) is 0 Å². The third-order valence-corrected chi connectivity index (χ3v) is 4.03. The Balaban J connectivity index is 1.91. The maximum absolute atomic E-state index is 11.9. The van der Waals surface area contributed by atoms with Gasteiger partial charge in [0.2, 0.25) is 11.8 Å². The van der Waals surface area contributed by atoms with E-state index in [0.29, 0.717) is 17.5 Å². The summed E-state index contributed by atoms with van der Waals surface area (Å²) in [7, 11) is 3.09. The van der Waals surface area contributed by atoms with Crippen LogP contribution in [0.25, 0.3) is 0 Å². The molecule has 0 atom stereocenters. The average Bonchev–Trinajstić information content (AvgIpc) is 3.30. The molecule has 0 heterocycles. The van der Waals surface area contributed by atoms with E-state index in [1.807, 2.05) is 0 Å². The number of benzene rings is 1. The highest BCUT2D eigenvalue weighted by Crippen LogP contribution is 2.33. The lowest BCUT2D eigenvalue weighted by molar-refractivity contribution is -0.125. The minimum atomic E-state index is -0.223. The lowest BCUT2D eigenvalue weighted by Crippen LogP contribution is -2.38. The monoisotopic (exact) mass is 370 g/mol. The smallest absolute Gasteiger partial charge is 0.239 e. The van der Waals surface area contributed by atoms with E-state index in [1.54, 1.807) is 19.2 Å². The highest BCUT2D eigenvalue weighted by molar-refractivity contribution is 9.10. The van der Waals surface area contributed by atoms with Crippen molar-refractivity contribution in [2.75, 3.05) is 20.8 Å². The van der Waals surface area contributed by atoms with Crippen LogP contribution in [-0.4, -0.2) is 38.6 Å². The second-order valence-electron chi connectivity index (χ2n) is 5.09. The van der Waals surface area contributed by atoms with E-state index < -0.39 is 0 Å². The molecule has 0 aliphatic heterocycles. The molecule has 1 aromatic rings. The normalized spacial score (nSPS) is 13.4. The minimum Gasteiger partial charge on any atom is -0.493 e. The quantitative estimate of drug-likeness (QED) is 0.760. The van der Waals surface area contributed by atoms with Gasteiger partial charge in [0.05, 0.1) is 27.2 Å². The molecule has 1 aromatic carbocycles. The van der Waals surface area contributed by atoms with E-state index in [1.165, 1.54) is 7.11 Å². The van der Waals surface area contributed by atoms with Crippen LogP contribution in [0.5, 0.6) is 11.5 Å². The second-order valence-corrected chi connectivity index (χ2v) is 5.95. The van der Waals surface area contributed by atoms with Crippen molar-refractivity contribution in [2.24, 2.45) is 0 Å². The van der Waals surface area contributed by atoms with Gasteiger partial charge in [-0.15, -0.1) is 0 Å². The fourth-order valence-electron chi connectivity index (χ4n) is 1.95. The molecule has 7 heteroatoms. The van der Waals surface area contributed by atoms with Gasteiger partial charge >= 0.3 is 0 Å². The maximum Gasteiger partial charge on any atom is 0.239 e. The van der Waals surface area contributed by atoms with E-state index in [4.69, 9.17) is 9.47 Å². The van der Waals surface area contributed by atoms with Crippen molar-refractivity contribution in [3.63, 3.8) is 0 Å². The van der Waals surface area contributed by atoms with Gasteiger partial charge in [0.15, 0.2) is 11.5 Å². The van der Waals surface area contributed by atoms with Crippen molar-refractivity contribution >= 4 is 27.7 Å². The van der Waals surface area contributed by atoms with Gasteiger partial charge in [-0.05, 0) is 30.5 Å². The van der Waals surface area contributed by atoms with Gasteiger partial charge in [0, 0.05) is 10.5 Å². The van der Waals surface area contributed by atoms with Crippen LogP contribution in [0.15, 0.2) is 16.6 Å². The molecular formula is C15H19BrN2O4. The maximum atomic E-state index is 11.9. The van der Waals surface area contributed by atoms with Crippen LogP contribution < -0.4 is 20.1 Å². The number of rotatable bonds is 7. The van der Waals surface area contributed by atoms with Crippen molar-refractivity contribution in [3.05, 3.63) is 22.2 Å². The van der Waals surface area contributed by atoms with Crippen molar-refractivity contribution in [2.45, 2.75) is 25.3 Å². The van der Waals surface area contributed by atoms with Crippen molar-refractivity contribution < 1.29 is 19.1 Å². The standard InChI is InChI=1S/C15H19BrN2O4/c1-21-12-5-9(11(16)7-13(12)22-2)6-14(19)17-8-15(20)18-10-3-4-10/h5,7,10H,3-4,6,8H2,1-2H3,(H,17,19)(H,18,20). The van der Waals surface area contributed by atoms with Gasteiger partial charge < -0.3 is 20.1 Å². The van der Waals surface area contributed by atoms with Crippen LogP contribution in [0, 0.1) is 0 Å². The van der Waals surface area contributed by atoms with E-state index >= 15 is 0 Å². The largest absolute Gasteiger partial charge is 0.493 e. The van der Waals surface area contributed by atoms with E-state index in [-0.39, 0.29) is 24.8 Å². The van der Waals surface area contributed by atoms with Gasteiger partial charge in [-0.3, -0.25) is 9.59 Å². The second kappa shape index (κ2) is 7.49. The van der Waals surface area contributed by atoms with Gasteiger partial charge in [-0.25, -0.2) is 0 Å². The SMILES string of the molecule is COc1cc(Br)c(CC(=O)NCC(=O)NC2CC2)cc1OC. The molecule has 6 nitrogen and oxygen atoms in total. The van der Waals surface area contributed by atoms with Crippen LogP contribution in [0.4, 0.5) is 0 Å². The first-order chi connectivity index (χ1) is 10.5. The molecular weight excluding hydrogens is 352 g/mol. The summed E-state index contributed by atoms with van der Waals surface area (Å²) in [6, 6.07) is 3.79. The van der Waals surface area contributed by atoms with E-state index in [9.17, 15) is 9.59 Å². The zero-order chi connectivity index (χ0) is 16.1. The topological polar surface area (TPSA) is 76.7 Å². The number of carbonyl (C=O) groups is 2. The Morgan fingerprint density at radius 2 is 1.82 bits per heavy atom. The fraction of sp³-hybridized carbons (Fsp3) is 0.467. The fourth-order valence-corrected chi connectivity index (χ4v) is 2.42. The van der Waals surface area contributed by atoms with Crippen molar-refractivity contribution in [1.82, 2.24) is 10.6 Å². The van der Waals surface area contributed by atoms with Crippen LogP contribution in [0.2, 0.25) is 0 Å². The van der Waals surface area contributed by atoms with Gasteiger partial charge in [-0.1, -0.05) is 15.9 Å². The Morgan fingerprint density at radius 3 is 2.41 bits per heavy atom. The van der Waals surface area contributed by atoms with E-state index in [0.717, 1.165) is 22.9 Å². The molecule has 0 bridgehead atoms. The number of halogens is 1. The lowest BCUT2D eigenvalue weighted by Gasteiger charge is -2.12. The summed E-state index contributed by atoms with van der Waals surface area (Å²) in [4.78, 5) is 23.5. The minimum absolute atomic E-state index is 0.000240. The summed E-state index contributed by atoms with van der Waals surface area (Å²) in [5.41, 5.74) is 0.762. The summed E-state index contributed by atoms with van der Waals surface area (Å²) in [6.07, 6.45) is 2.20. The molecule has 2 rings (SSSR count). The third-order valence-electron chi connectivity index (χ3n) is 3.29. The predicted octanol–water partition coefficient (Wildman–Crippen LogP) is 1.40. The molecule has 22 heavy (non-hydrogen) atoms. The van der Waals surface area contributed by atoms with E-state index in [2.05, 4.69) is 26.6 Å². The summed E-state index contributed by atoms with van der Waals surface area (Å²) in [5.74, 6) is 0.767. The predicted molar refractivity (Wildman–Crippen MR) is 85.1 cm³/mol. The molecule has 1 aliphatic carbocycles. The first-order valence-corrected chi connectivity index (χ1v) is 7.79. The Morgan fingerprint density at radius 1 is 1.18 bits per heavy atom. The van der Waals surface area contributed by atoms with Gasteiger partial charge in [0.25, 0.3) is 0 Å². The summed E-state index contributed by atoms with van der Waals surface area (Å²) < 4.78 is 11.2. The summed E-state index contributed by atoms with van der Waals surface area (Å²) in [6.45, 7) is 0.000240. The molecule has 0 spiro atoms.